The highest BCUT2D eigenvalue weighted by molar-refractivity contribution is 5.87. The highest BCUT2D eigenvalue weighted by Gasteiger charge is 2.01. The molecule has 1 heterocycles. The van der Waals surface area contributed by atoms with Gasteiger partial charge in [0.05, 0.1) is 7.11 Å². The summed E-state index contributed by atoms with van der Waals surface area (Å²) in [4.78, 5) is 15.2. The SMILES string of the molecule is CONC(=O)Nc1cc(C)[nH]n1. The Balaban J connectivity index is 2.46. The van der Waals surface area contributed by atoms with Gasteiger partial charge in [0.25, 0.3) is 0 Å². The zero-order chi connectivity index (χ0) is 8.97. The van der Waals surface area contributed by atoms with Gasteiger partial charge in [-0.1, -0.05) is 0 Å². The predicted octanol–water partition coefficient (Wildman–Crippen LogP) is 0.401. The molecule has 0 saturated carbocycles. The van der Waals surface area contributed by atoms with Crippen molar-refractivity contribution in [3.63, 3.8) is 0 Å². The summed E-state index contributed by atoms with van der Waals surface area (Å²) in [7, 11) is 1.36. The molecule has 1 aromatic rings. The quantitative estimate of drug-likeness (QED) is 0.562. The molecule has 0 spiro atoms. The van der Waals surface area contributed by atoms with Gasteiger partial charge in [0.2, 0.25) is 0 Å². The first-order valence-corrected chi connectivity index (χ1v) is 3.34. The number of nitrogens with one attached hydrogen (secondary N) is 3. The molecule has 1 aromatic heterocycles. The molecule has 0 bridgehead atoms. The molecule has 12 heavy (non-hydrogen) atoms. The summed E-state index contributed by atoms with van der Waals surface area (Å²) in [5.74, 6) is 0.460. The third-order valence-corrected chi connectivity index (χ3v) is 1.14. The lowest BCUT2D eigenvalue weighted by molar-refractivity contribution is 0.114. The Bertz CT molecular complexity index is 270. The van der Waals surface area contributed by atoms with Crippen molar-refractivity contribution in [1.82, 2.24) is 15.7 Å². The van der Waals surface area contributed by atoms with Gasteiger partial charge in [0.15, 0.2) is 5.82 Å². The van der Waals surface area contributed by atoms with E-state index in [0.29, 0.717) is 5.82 Å². The van der Waals surface area contributed by atoms with Gasteiger partial charge >= 0.3 is 6.03 Å². The van der Waals surface area contributed by atoms with Crippen LogP contribution in [-0.4, -0.2) is 23.3 Å². The monoisotopic (exact) mass is 170 g/mol. The minimum atomic E-state index is -0.455. The fourth-order valence-corrected chi connectivity index (χ4v) is 0.717. The molecule has 66 valence electrons. The smallest absolute Gasteiger partial charge is 0.289 e. The maximum atomic E-state index is 10.8. The number of aryl methyl sites for hydroxylation is 1. The zero-order valence-corrected chi connectivity index (χ0v) is 6.84. The standard InChI is InChI=1S/C6H10N4O2/c1-4-3-5(9-8-4)7-6(11)10-12-2/h3H,1-2H3,(H3,7,8,9,10,11). The average molecular weight is 170 g/mol. The minimum absolute atomic E-state index is 0.455. The third kappa shape index (κ3) is 2.24. The van der Waals surface area contributed by atoms with E-state index in [9.17, 15) is 4.79 Å². The van der Waals surface area contributed by atoms with Crippen molar-refractivity contribution in [2.24, 2.45) is 0 Å². The number of nitrogens with zero attached hydrogens (tertiary/aromatic N) is 1. The summed E-state index contributed by atoms with van der Waals surface area (Å²) in [5, 5.41) is 8.91. The van der Waals surface area contributed by atoms with Crippen LogP contribution in [0.1, 0.15) is 5.69 Å². The van der Waals surface area contributed by atoms with Crippen molar-refractivity contribution in [1.29, 1.82) is 0 Å². The number of rotatable bonds is 2. The number of amides is 2. The molecule has 2 amide bonds. The Morgan fingerprint density at radius 3 is 3.00 bits per heavy atom. The molecule has 3 N–H and O–H groups in total. The van der Waals surface area contributed by atoms with E-state index in [1.165, 1.54) is 7.11 Å². The number of hydrogen-bond acceptors (Lipinski definition) is 3. The Morgan fingerprint density at radius 1 is 1.75 bits per heavy atom. The van der Waals surface area contributed by atoms with Gasteiger partial charge in [0.1, 0.15) is 0 Å². The number of carbonyl (C=O) groups is 1. The van der Waals surface area contributed by atoms with Gasteiger partial charge in [-0.3, -0.25) is 15.3 Å². The summed E-state index contributed by atoms with van der Waals surface area (Å²) in [5.41, 5.74) is 2.98. The van der Waals surface area contributed by atoms with E-state index in [4.69, 9.17) is 0 Å². The van der Waals surface area contributed by atoms with Gasteiger partial charge < -0.3 is 0 Å². The second kappa shape index (κ2) is 3.72. The number of urea groups is 1. The number of anilines is 1. The van der Waals surface area contributed by atoms with Crippen molar-refractivity contribution in [3.05, 3.63) is 11.8 Å². The Morgan fingerprint density at radius 2 is 2.50 bits per heavy atom. The molecular weight excluding hydrogens is 160 g/mol. The van der Waals surface area contributed by atoms with Gasteiger partial charge in [-0.2, -0.15) is 5.10 Å². The summed E-state index contributed by atoms with van der Waals surface area (Å²) in [6.45, 7) is 1.84. The number of aromatic amines is 1. The lowest BCUT2D eigenvalue weighted by atomic mass is 10.5. The molecule has 6 heteroatoms. The maximum Gasteiger partial charge on any atom is 0.344 e. The summed E-state index contributed by atoms with van der Waals surface area (Å²) < 4.78 is 0. The molecule has 0 aliphatic carbocycles. The number of H-pyrrole nitrogens is 1. The predicted molar refractivity (Wildman–Crippen MR) is 42.5 cm³/mol. The molecule has 0 aliphatic heterocycles. The van der Waals surface area contributed by atoms with Crippen LogP contribution in [0.5, 0.6) is 0 Å². The fraction of sp³-hybridized carbons (Fsp3) is 0.333. The van der Waals surface area contributed by atoms with Crippen LogP contribution >= 0.6 is 0 Å². The molecule has 0 unspecified atom stereocenters. The van der Waals surface area contributed by atoms with Crippen molar-refractivity contribution in [2.45, 2.75) is 6.92 Å². The third-order valence-electron chi connectivity index (χ3n) is 1.14. The lowest BCUT2D eigenvalue weighted by Crippen LogP contribution is -2.27. The first-order valence-electron chi connectivity index (χ1n) is 3.34. The zero-order valence-electron chi connectivity index (χ0n) is 6.84. The van der Waals surface area contributed by atoms with E-state index >= 15 is 0 Å². The molecule has 1 rings (SSSR count). The lowest BCUT2D eigenvalue weighted by Gasteiger charge is -2.00. The van der Waals surface area contributed by atoms with Crippen LogP contribution in [-0.2, 0) is 4.84 Å². The topological polar surface area (TPSA) is 79.0 Å². The van der Waals surface area contributed by atoms with Crippen molar-refractivity contribution in [3.8, 4) is 0 Å². The van der Waals surface area contributed by atoms with E-state index in [0.717, 1.165) is 5.69 Å². The van der Waals surface area contributed by atoms with Crippen molar-refractivity contribution in [2.75, 3.05) is 12.4 Å². The van der Waals surface area contributed by atoms with Gasteiger partial charge in [-0.05, 0) is 6.92 Å². The highest BCUT2D eigenvalue weighted by atomic mass is 16.6. The van der Waals surface area contributed by atoms with Crippen molar-refractivity contribution >= 4 is 11.8 Å². The van der Waals surface area contributed by atoms with Crippen LogP contribution in [0, 0.1) is 6.92 Å². The Labute approximate surface area is 69.3 Å². The molecular formula is C6H10N4O2. The van der Waals surface area contributed by atoms with Gasteiger partial charge in [-0.25, -0.2) is 10.3 Å². The van der Waals surface area contributed by atoms with E-state index in [2.05, 4.69) is 25.8 Å². The average Bonchev–Trinajstić information content (AvgIpc) is 2.36. The second-order valence-corrected chi connectivity index (χ2v) is 2.20. The number of carbonyl (C=O) groups excluding carboxylic acids is 1. The van der Waals surface area contributed by atoms with Crippen LogP contribution in [0.3, 0.4) is 0 Å². The molecule has 6 nitrogen and oxygen atoms in total. The highest BCUT2D eigenvalue weighted by Crippen LogP contribution is 2.02. The molecule has 0 radical (unpaired) electrons. The molecule has 0 saturated heterocycles. The van der Waals surface area contributed by atoms with Crippen LogP contribution in [0.15, 0.2) is 6.07 Å². The molecule has 0 aromatic carbocycles. The number of aromatic nitrogens is 2. The Kier molecular flexibility index (Phi) is 2.65. The maximum absolute atomic E-state index is 10.8. The van der Waals surface area contributed by atoms with Crippen LogP contribution < -0.4 is 10.8 Å². The first kappa shape index (κ1) is 8.54. The van der Waals surface area contributed by atoms with Crippen molar-refractivity contribution < 1.29 is 9.63 Å². The second-order valence-electron chi connectivity index (χ2n) is 2.20. The number of hydroxylamine groups is 1. The van der Waals surface area contributed by atoms with Crippen LogP contribution in [0.4, 0.5) is 10.6 Å². The van der Waals surface area contributed by atoms with Crippen LogP contribution in [0.2, 0.25) is 0 Å². The molecule has 0 atom stereocenters. The van der Waals surface area contributed by atoms with Gasteiger partial charge in [-0.15, -0.1) is 0 Å². The number of hydrogen-bond donors (Lipinski definition) is 3. The fourth-order valence-electron chi connectivity index (χ4n) is 0.717. The molecule has 0 fully saturated rings. The van der Waals surface area contributed by atoms with Crippen LogP contribution in [0.25, 0.3) is 0 Å². The summed E-state index contributed by atoms with van der Waals surface area (Å²) in [6.07, 6.45) is 0. The summed E-state index contributed by atoms with van der Waals surface area (Å²) >= 11 is 0. The van der Waals surface area contributed by atoms with E-state index < -0.39 is 6.03 Å². The first-order chi connectivity index (χ1) is 5.72. The normalized spacial score (nSPS) is 9.50. The van der Waals surface area contributed by atoms with E-state index in [1.807, 2.05) is 6.92 Å². The van der Waals surface area contributed by atoms with E-state index in [-0.39, 0.29) is 0 Å². The minimum Gasteiger partial charge on any atom is -0.289 e. The Hall–Kier alpha value is -1.56. The molecule has 0 aliphatic rings. The largest absolute Gasteiger partial charge is 0.344 e. The summed E-state index contributed by atoms with van der Waals surface area (Å²) in [6, 6.07) is 1.25. The van der Waals surface area contributed by atoms with Gasteiger partial charge in [0, 0.05) is 11.8 Å². The van der Waals surface area contributed by atoms with E-state index in [1.54, 1.807) is 6.07 Å².